The Morgan fingerprint density at radius 1 is 0.652 bits per heavy atom. The molecule has 5 aliphatic carbocycles. The van der Waals surface area contributed by atoms with Crippen molar-refractivity contribution in [2.45, 2.75) is 204 Å². The number of carboxylic acids is 1. The van der Waals surface area contributed by atoms with E-state index in [9.17, 15) is 76.0 Å². The molecule has 25 atom stereocenters. The molecule has 3 saturated heterocycles. The zero-order chi connectivity index (χ0) is 50.7. The summed E-state index contributed by atoms with van der Waals surface area (Å²) in [7, 11) is 0. The molecule has 8 aliphatic rings. The number of hydrogen-bond acceptors (Lipinski definition) is 20. The van der Waals surface area contributed by atoms with Crippen LogP contribution in [0.5, 0.6) is 0 Å². The van der Waals surface area contributed by atoms with Gasteiger partial charge in [-0.15, -0.1) is 0 Å². The van der Waals surface area contributed by atoms with Gasteiger partial charge in [0.25, 0.3) is 0 Å². The number of aliphatic hydroxyl groups excluding tert-OH is 12. The van der Waals surface area contributed by atoms with Crippen molar-refractivity contribution in [1.82, 2.24) is 0 Å². The number of aliphatic carboxylic acids is 1. The van der Waals surface area contributed by atoms with E-state index in [0.717, 1.165) is 12.0 Å². The molecule has 0 aromatic rings. The summed E-state index contributed by atoms with van der Waals surface area (Å²) in [5.74, 6) is -2.90. The molecule has 69 heavy (non-hydrogen) atoms. The molecule has 7 fully saturated rings. The van der Waals surface area contributed by atoms with Gasteiger partial charge in [0.05, 0.1) is 37.4 Å². The van der Waals surface area contributed by atoms with Gasteiger partial charge in [0.1, 0.15) is 67.1 Å². The largest absolute Gasteiger partial charge is 0.479 e. The highest BCUT2D eigenvalue weighted by Gasteiger charge is 2.72. The average Bonchev–Trinajstić information content (AvgIpc) is 3.29. The summed E-state index contributed by atoms with van der Waals surface area (Å²) in [5.41, 5.74) is -2.79. The molecule has 8 rings (SSSR count). The molecule has 21 heteroatoms. The Morgan fingerprint density at radius 2 is 1.25 bits per heavy atom. The summed E-state index contributed by atoms with van der Waals surface area (Å²) < 4.78 is 35.2. The highest BCUT2D eigenvalue weighted by Crippen LogP contribution is 2.76. The van der Waals surface area contributed by atoms with Gasteiger partial charge in [-0.25, -0.2) is 4.79 Å². The predicted molar refractivity (Wildman–Crippen MR) is 234 cm³/mol. The number of carboxylic acid groups (broad SMARTS) is 1. The van der Waals surface area contributed by atoms with Crippen LogP contribution in [0.2, 0.25) is 0 Å². The van der Waals surface area contributed by atoms with Crippen molar-refractivity contribution in [2.24, 2.45) is 50.2 Å². The summed E-state index contributed by atoms with van der Waals surface area (Å²) in [5, 5.41) is 139. The third kappa shape index (κ3) is 8.25. The van der Waals surface area contributed by atoms with Gasteiger partial charge in [-0.05, 0) is 97.2 Å². The lowest BCUT2D eigenvalue weighted by molar-refractivity contribution is -0.380. The number of rotatable bonds is 10. The van der Waals surface area contributed by atoms with E-state index >= 15 is 0 Å². The Balaban J connectivity index is 1.08. The quantitative estimate of drug-likeness (QED) is 0.0651. The summed E-state index contributed by atoms with van der Waals surface area (Å²) in [6, 6.07) is 0. The van der Waals surface area contributed by atoms with Crippen LogP contribution in [0.1, 0.15) is 99.3 Å². The Kier molecular flexibility index (Phi) is 14.5. The van der Waals surface area contributed by atoms with E-state index in [1.807, 2.05) is 0 Å². The van der Waals surface area contributed by atoms with E-state index in [2.05, 4.69) is 40.7 Å². The lowest BCUT2D eigenvalue weighted by Crippen LogP contribution is -2.70. The van der Waals surface area contributed by atoms with Crippen LogP contribution in [-0.4, -0.2) is 202 Å². The molecule has 13 N–H and O–H groups in total. The average molecular weight is 989 g/mol. The van der Waals surface area contributed by atoms with Crippen LogP contribution in [0, 0.1) is 50.2 Å². The van der Waals surface area contributed by atoms with E-state index in [4.69, 9.17) is 28.4 Å². The summed E-state index contributed by atoms with van der Waals surface area (Å²) in [4.78, 5) is 27.0. The summed E-state index contributed by atoms with van der Waals surface area (Å²) in [6.45, 7) is 10.8. The Labute approximate surface area is 400 Å². The van der Waals surface area contributed by atoms with Crippen LogP contribution in [0.3, 0.4) is 0 Å². The minimum atomic E-state index is -2.10. The monoisotopic (exact) mass is 988 g/mol. The number of carbonyl (C=O) groups is 2. The minimum absolute atomic E-state index is 0.0781. The first kappa shape index (κ1) is 53.3. The molecule has 0 bridgehead atoms. The predicted octanol–water partition coefficient (Wildman–Crippen LogP) is -1.82. The highest BCUT2D eigenvalue weighted by molar-refractivity contribution is 5.79. The van der Waals surface area contributed by atoms with Gasteiger partial charge in [-0.3, -0.25) is 4.79 Å². The first-order valence-corrected chi connectivity index (χ1v) is 24.6. The number of carbonyl (C=O) groups excluding carboxylic acids is 1. The van der Waals surface area contributed by atoms with Crippen molar-refractivity contribution < 1.29 is 104 Å². The molecule has 0 radical (unpaired) electrons. The first-order chi connectivity index (χ1) is 32.2. The zero-order valence-corrected chi connectivity index (χ0v) is 40.2. The molecule has 0 amide bonds. The van der Waals surface area contributed by atoms with Gasteiger partial charge in [0, 0.05) is 5.41 Å². The fraction of sp³-hybridized carbons (Fsp3) is 0.917. The van der Waals surface area contributed by atoms with Crippen molar-refractivity contribution in [1.29, 1.82) is 0 Å². The van der Waals surface area contributed by atoms with E-state index in [1.54, 1.807) is 6.92 Å². The molecule has 25 unspecified atom stereocenters. The molecule has 3 aliphatic heterocycles. The second-order valence-electron chi connectivity index (χ2n) is 23.5. The number of hydrogen-bond donors (Lipinski definition) is 13. The smallest absolute Gasteiger partial charge is 0.335 e. The number of ether oxygens (including phenoxy) is 6. The lowest BCUT2D eigenvalue weighted by atomic mass is 9.33. The van der Waals surface area contributed by atoms with Crippen LogP contribution >= 0.6 is 0 Å². The van der Waals surface area contributed by atoms with Crippen molar-refractivity contribution in [3.63, 3.8) is 0 Å². The second kappa shape index (κ2) is 18.7. The van der Waals surface area contributed by atoms with Crippen molar-refractivity contribution >= 4 is 11.9 Å². The highest BCUT2D eigenvalue weighted by atomic mass is 16.8. The second-order valence-corrected chi connectivity index (χ2v) is 23.5. The molecule has 0 spiro atoms. The maximum absolute atomic E-state index is 14.7. The maximum Gasteiger partial charge on any atom is 0.335 e. The number of esters is 1. The molecule has 0 aromatic heterocycles. The third-order valence-corrected chi connectivity index (χ3v) is 19.4. The Hall–Kier alpha value is -2.00. The van der Waals surface area contributed by atoms with Gasteiger partial charge in [0.15, 0.2) is 18.7 Å². The van der Waals surface area contributed by atoms with Crippen LogP contribution in [0.4, 0.5) is 0 Å². The normalized spacial score (nSPS) is 53.9. The van der Waals surface area contributed by atoms with Gasteiger partial charge >= 0.3 is 11.9 Å². The van der Waals surface area contributed by atoms with Crippen LogP contribution in [-0.2, 0) is 38.0 Å². The fourth-order valence-electron chi connectivity index (χ4n) is 15.1. The fourth-order valence-corrected chi connectivity index (χ4v) is 15.1. The lowest BCUT2D eigenvalue weighted by Gasteiger charge is -2.72. The molecule has 21 nitrogen and oxygen atoms in total. The Bertz CT molecular complexity index is 1930. The molecule has 4 saturated carbocycles. The van der Waals surface area contributed by atoms with Gasteiger partial charge in [-0.1, -0.05) is 53.2 Å². The summed E-state index contributed by atoms with van der Waals surface area (Å²) >= 11 is 0. The van der Waals surface area contributed by atoms with Gasteiger partial charge in [-0.2, -0.15) is 0 Å². The maximum atomic E-state index is 14.7. The van der Waals surface area contributed by atoms with E-state index in [0.29, 0.717) is 44.9 Å². The van der Waals surface area contributed by atoms with Crippen molar-refractivity contribution in [3.8, 4) is 0 Å². The van der Waals surface area contributed by atoms with E-state index < -0.39 is 163 Å². The molecule has 3 heterocycles. The van der Waals surface area contributed by atoms with Crippen molar-refractivity contribution in [3.05, 3.63) is 11.6 Å². The summed E-state index contributed by atoms with van der Waals surface area (Å²) in [6.07, 6.45) is -22.3. The molecular weight excluding hydrogens is 913 g/mol. The molecule has 394 valence electrons. The molecule has 0 aromatic carbocycles. The zero-order valence-electron chi connectivity index (χ0n) is 40.2. The number of allylic oxidation sites excluding steroid dienone is 2. The number of aliphatic hydroxyl groups is 12. The Morgan fingerprint density at radius 3 is 1.84 bits per heavy atom. The standard InChI is InChI=1S/C48H76O21/c1-43(2)11-13-48(42(63)69-40-34(60)30(56)28(54)24(18-50)65-40)14-12-46(5)20(21(48)15-43)7-8-26-44(3)16-22(52)37(45(4,19-51)25(44)9-10-47(26,46)6)68-41-36(32(58)31(57)35(66-41)38(61)62)67-39-33(59)29(55)27(53)23(17-49)64-39/h7,21-37,39-41,49-60H,8-19H2,1-6H3,(H,61,62). The van der Waals surface area contributed by atoms with Crippen molar-refractivity contribution in [2.75, 3.05) is 19.8 Å². The van der Waals surface area contributed by atoms with E-state index in [1.165, 1.54) is 0 Å². The first-order valence-electron chi connectivity index (χ1n) is 24.6. The minimum Gasteiger partial charge on any atom is -0.479 e. The topological polar surface area (TPSA) is 353 Å². The van der Waals surface area contributed by atoms with Crippen LogP contribution in [0.25, 0.3) is 0 Å². The van der Waals surface area contributed by atoms with Gasteiger partial charge < -0.3 is 94.8 Å². The van der Waals surface area contributed by atoms with Crippen LogP contribution < -0.4 is 0 Å². The number of fused-ring (bicyclic) bond motifs is 7. The third-order valence-electron chi connectivity index (χ3n) is 19.4. The van der Waals surface area contributed by atoms with Gasteiger partial charge in [0.2, 0.25) is 6.29 Å². The molecular formula is C48H76O21. The van der Waals surface area contributed by atoms with E-state index in [-0.39, 0.29) is 29.6 Å². The van der Waals surface area contributed by atoms with Crippen LogP contribution in [0.15, 0.2) is 11.6 Å². The SMILES string of the molecule is CC1(C)CCC2(C(=O)OC3OC(CO)C(O)C(O)C3O)CCC3(C)C(=CCC4C5(C)CC(O)C(OC6OC(C(=O)O)C(O)C(O)C6OC6OC(CO)C(O)C(O)C6O)C(C)(CO)C5CCC43C)C2C1.